The van der Waals surface area contributed by atoms with E-state index in [2.05, 4.69) is 18.2 Å². The number of rotatable bonds is 2. The fourth-order valence-electron chi connectivity index (χ4n) is 4.55. The summed E-state index contributed by atoms with van der Waals surface area (Å²) in [7, 11) is 0. The first-order valence-corrected chi connectivity index (χ1v) is 9.49. The zero-order valence-corrected chi connectivity index (χ0v) is 15.6. The van der Waals surface area contributed by atoms with Crippen molar-refractivity contribution in [2.75, 3.05) is 0 Å². The fourth-order valence-corrected chi connectivity index (χ4v) is 4.55. The average Bonchev–Trinajstić information content (AvgIpc) is 2.72. The van der Waals surface area contributed by atoms with Gasteiger partial charge in [0.05, 0.1) is 10.5 Å². The smallest absolute Gasteiger partial charge is 0.258 e. The van der Waals surface area contributed by atoms with Gasteiger partial charge in [0, 0.05) is 12.0 Å². The highest BCUT2D eigenvalue weighted by Crippen LogP contribution is 2.46. The van der Waals surface area contributed by atoms with E-state index in [-0.39, 0.29) is 10.6 Å². The number of fused-ring (bicyclic) bond motifs is 4. The summed E-state index contributed by atoms with van der Waals surface area (Å²) in [4.78, 5) is 12.2. The summed E-state index contributed by atoms with van der Waals surface area (Å²) in [5, 5.41) is 14.4. The highest BCUT2D eigenvalue weighted by atomic mass is 16.6. The first-order chi connectivity index (χ1) is 13.6. The van der Waals surface area contributed by atoms with Crippen molar-refractivity contribution in [1.82, 2.24) is 0 Å². The van der Waals surface area contributed by atoms with Gasteiger partial charge in [0.25, 0.3) is 5.69 Å². The van der Waals surface area contributed by atoms with Gasteiger partial charge < -0.3 is 0 Å². The first kappa shape index (κ1) is 16.7. The molecule has 136 valence electrons. The van der Waals surface area contributed by atoms with Crippen LogP contribution in [0.1, 0.15) is 27.8 Å². The van der Waals surface area contributed by atoms with Crippen LogP contribution in [0.3, 0.4) is 0 Å². The molecule has 5 rings (SSSR count). The van der Waals surface area contributed by atoms with E-state index in [4.69, 9.17) is 0 Å². The van der Waals surface area contributed by atoms with Crippen LogP contribution in [-0.2, 0) is 12.8 Å². The Morgan fingerprint density at radius 1 is 0.750 bits per heavy atom. The molecule has 0 aliphatic heterocycles. The van der Waals surface area contributed by atoms with Crippen LogP contribution in [-0.4, -0.2) is 4.92 Å². The average molecular weight is 365 g/mol. The first-order valence-electron chi connectivity index (χ1n) is 9.49. The van der Waals surface area contributed by atoms with Gasteiger partial charge in [-0.3, -0.25) is 10.1 Å². The van der Waals surface area contributed by atoms with Gasteiger partial charge in [-0.15, -0.1) is 0 Å². The van der Waals surface area contributed by atoms with Crippen LogP contribution in [0.25, 0.3) is 21.9 Å². The van der Waals surface area contributed by atoms with Gasteiger partial charge in [-0.05, 0) is 51.9 Å². The van der Waals surface area contributed by atoms with Gasteiger partial charge in [-0.2, -0.15) is 0 Å². The van der Waals surface area contributed by atoms with E-state index in [1.54, 1.807) is 0 Å². The molecule has 4 aromatic carbocycles. The molecule has 3 nitrogen and oxygen atoms in total. The summed E-state index contributed by atoms with van der Waals surface area (Å²) in [6.45, 7) is 2.02. The molecule has 0 unspecified atom stereocenters. The summed E-state index contributed by atoms with van der Waals surface area (Å²) in [6.07, 6.45) is 1.34. The highest BCUT2D eigenvalue weighted by Gasteiger charge is 2.31. The second-order valence-corrected chi connectivity index (χ2v) is 7.42. The molecule has 28 heavy (non-hydrogen) atoms. The Labute approximate surface area is 163 Å². The number of nitro groups is 1. The Morgan fingerprint density at radius 3 is 2.00 bits per heavy atom. The fraction of sp³-hybridized carbons (Fsp3) is 0.120. The maximum Gasteiger partial charge on any atom is 0.281 e. The monoisotopic (exact) mass is 365 g/mol. The molecule has 3 heteroatoms. The third-order valence-corrected chi connectivity index (χ3v) is 5.86. The maximum atomic E-state index is 12.3. The molecule has 0 bridgehead atoms. The molecule has 0 atom stereocenters. The summed E-state index contributed by atoms with van der Waals surface area (Å²) < 4.78 is 0. The molecule has 0 aromatic heterocycles. The van der Waals surface area contributed by atoms with E-state index in [1.165, 1.54) is 11.1 Å². The van der Waals surface area contributed by atoms with Gasteiger partial charge in [-0.25, -0.2) is 0 Å². The van der Waals surface area contributed by atoms with Crippen LogP contribution >= 0.6 is 0 Å². The predicted octanol–water partition coefficient (Wildman–Crippen LogP) is 6.22. The number of aryl methyl sites for hydroxylation is 1. The Balaban J connectivity index is 1.93. The minimum absolute atomic E-state index is 0.180. The Morgan fingerprint density at radius 2 is 1.32 bits per heavy atom. The number of hydrogen-bond acceptors (Lipinski definition) is 2. The summed E-state index contributed by atoms with van der Waals surface area (Å²) in [5.41, 5.74) is 7.40. The lowest BCUT2D eigenvalue weighted by Gasteiger charge is -2.24. The third-order valence-electron chi connectivity index (χ3n) is 5.86. The second kappa shape index (κ2) is 6.31. The molecule has 1 aliphatic carbocycles. The number of benzene rings is 4. The molecule has 0 heterocycles. The quantitative estimate of drug-likeness (QED) is 0.275. The minimum atomic E-state index is -0.180. The van der Waals surface area contributed by atoms with Crippen molar-refractivity contribution in [1.29, 1.82) is 0 Å². The van der Waals surface area contributed by atoms with Crippen LogP contribution in [0.15, 0.2) is 72.8 Å². The molecule has 1 aliphatic rings. The predicted molar refractivity (Wildman–Crippen MR) is 113 cm³/mol. The molecule has 0 radical (unpaired) electrons. The topological polar surface area (TPSA) is 43.1 Å². The molecule has 0 saturated carbocycles. The maximum absolute atomic E-state index is 12.3. The lowest BCUT2D eigenvalue weighted by atomic mass is 9.79. The Kier molecular flexibility index (Phi) is 3.76. The summed E-state index contributed by atoms with van der Waals surface area (Å²) in [5.74, 6) is 0. The van der Waals surface area contributed by atoms with E-state index in [0.717, 1.165) is 45.0 Å². The lowest BCUT2D eigenvalue weighted by molar-refractivity contribution is -0.384. The molecule has 0 amide bonds. The van der Waals surface area contributed by atoms with E-state index < -0.39 is 0 Å². The van der Waals surface area contributed by atoms with E-state index in [9.17, 15) is 10.1 Å². The molecule has 0 spiro atoms. The second-order valence-electron chi connectivity index (χ2n) is 7.42. The third kappa shape index (κ3) is 2.43. The van der Waals surface area contributed by atoms with Crippen LogP contribution in [0.5, 0.6) is 0 Å². The van der Waals surface area contributed by atoms with E-state index in [1.807, 2.05) is 61.5 Å². The van der Waals surface area contributed by atoms with Crippen molar-refractivity contribution in [2.24, 2.45) is 0 Å². The van der Waals surface area contributed by atoms with E-state index >= 15 is 0 Å². The van der Waals surface area contributed by atoms with Crippen molar-refractivity contribution in [3.8, 4) is 11.1 Å². The zero-order chi connectivity index (χ0) is 19.3. The van der Waals surface area contributed by atoms with Gasteiger partial charge >= 0.3 is 0 Å². The number of nitrogens with zero attached hydrogens (tertiary/aromatic N) is 1. The van der Waals surface area contributed by atoms with Crippen LogP contribution in [0, 0.1) is 17.0 Å². The van der Waals surface area contributed by atoms with Crippen molar-refractivity contribution < 1.29 is 4.92 Å². The lowest BCUT2D eigenvalue weighted by Crippen LogP contribution is -2.12. The minimum Gasteiger partial charge on any atom is -0.258 e. The highest BCUT2D eigenvalue weighted by molar-refractivity contribution is 6.05. The van der Waals surface area contributed by atoms with E-state index in [0.29, 0.717) is 6.42 Å². The number of hydrogen-bond donors (Lipinski definition) is 0. The van der Waals surface area contributed by atoms with Crippen molar-refractivity contribution in [3.63, 3.8) is 0 Å². The molecule has 0 fully saturated rings. The SMILES string of the molecule is Cc1ccccc1-c1c([N+](=O)[O-])c2c(c3ccccc13)Cc1ccccc1C2. The van der Waals surface area contributed by atoms with Gasteiger partial charge in [0.1, 0.15) is 0 Å². The Bertz CT molecular complexity index is 1260. The van der Waals surface area contributed by atoms with Crippen LogP contribution in [0.4, 0.5) is 5.69 Å². The van der Waals surface area contributed by atoms with Crippen molar-refractivity contribution in [3.05, 3.63) is 111 Å². The molecule has 0 N–H and O–H groups in total. The summed E-state index contributed by atoms with van der Waals surface area (Å²) in [6, 6.07) is 24.3. The van der Waals surface area contributed by atoms with Crippen molar-refractivity contribution >= 4 is 16.5 Å². The zero-order valence-electron chi connectivity index (χ0n) is 15.6. The van der Waals surface area contributed by atoms with Gasteiger partial charge in [0.2, 0.25) is 0 Å². The largest absolute Gasteiger partial charge is 0.281 e. The summed E-state index contributed by atoms with van der Waals surface area (Å²) >= 11 is 0. The molecular weight excluding hydrogens is 346 g/mol. The van der Waals surface area contributed by atoms with Crippen LogP contribution < -0.4 is 0 Å². The standard InChI is InChI=1S/C25H19NO2/c1-16-8-2-5-11-19(16)24-21-13-7-6-12-20(21)22-14-17-9-3-4-10-18(17)15-23(22)25(24)26(27)28/h2-13H,14-15H2,1H3. The van der Waals surface area contributed by atoms with Crippen LogP contribution in [0.2, 0.25) is 0 Å². The van der Waals surface area contributed by atoms with Gasteiger partial charge in [-0.1, -0.05) is 72.8 Å². The molecule has 4 aromatic rings. The Hall–Kier alpha value is -3.46. The van der Waals surface area contributed by atoms with Gasteiger partial charge in [0.15, 0.2) is 0 Å². The van der Waals surface area contributed by atoms with Crippen molar-refractivity contribution in [2.45, 2.75) is 19.8 Å². The molecule has 0 saturated heterocycles. The normalized spacial score (nSPS) is 12.5. The number of nitro benzene ring substituents is 1. The molecular formula is C25H19NO2.